The summed E-state index contributed by atoms with van der Waals surface area (Å²) in [6.07, 6.45) is 1.45. The van der Waals surface area contributed by atoms with Crippen LogP contribution in [0.1, 0.15) is 11.1 Å². The number of amides is 1. The van der Waals surface area contributed by atoms with Crippen molar-refractivity contribution in [1.82, 2.24) is 5.43 Å². The van der Waals surface area contributed by atoms with Crippen LogP contribution in [0.15, 0.2) is 62.6 Å². The van der Waals surface area contributed by atoms with E-state index < -0.39 is 0 Å². The number of fused-ring (bicyclic) bond motifs is 1. The zero-order valence-electron chi connectivity index (χ0n) is 14.5. The van der Waals surface area contributed by atoms with Crippen LogP contribution < -0.4 is 10.7 Å². The predicted molar refractivity (Wildman–Crippen MR) is 116 cm³/mol. The van der Waals surface area contributed by atoms with Gasteiger partial charge >= 0.3 is 0 Å². The van der Waals surface area contributed by atoms with Crippen LogP contribution in [0.4, 0.5) is 5.69 Å². The molecular formula is C20H17Br2N3O2. The molecule has 7 heteroatoms. The van der Waals surface area contributed by atoms with E-state index in [1.807, 2.05) is 49.4 Å². The predicted octanol–water partition coefficient (Wildman–Crippen LogP) is 4.94. The number of benzene rings is 3. The van der Waals surface area contributed by atoms with E-state index in [9.17, 15) is 9.90 Å². The Morgan fingerprint density at radius 3 is 2.59 bits per heavy atom. The number of carbonyl (C=O) groups is 1. The number of hydrazone groups is 1. The van der Waals surface area contributed by atoms with Crippen molar-refractivity contribution in [1.29, 1.82) is 0 Å². The lowest BCUT2D eigenvalue weighted by atomic mass is 10.0. The molecule has 0 saturated heterocycles. The summed E-state index contributed by atoms with van der Waals surface area (Å²) in [7, 11) is 0. The molecule has 0 heterocycles. The second-order valence-corrected chi connectivity index (χ2v) is 7.64. The summed E-state index contributed by atoms with van der Waals surface area (Å²) < 4.78 is 1.90. The molecule has 5 nitrogen and oxygen atoms in total. The molecule has 0 unspecified atom stereocenters. The summed E-state index contributed by atoms with van der Waals surface area (Å²) in [6.45, 7) is 2.06. The summed E-state index contributed by atoms with van der Waals surface area (Å²) >= 11 is 6.96. The molecule has 3 rings (SSSR count). The molecule has 3 aromatic rings. The lowest BCUT2D eigenvalue weighted by Gasteiger charge is -2.09. The maximum Gasteiger partial charge on any atom is 0.259 e. The molecule has 27 heavy (non-hydrogen) atoms. The highest BCUT2D eigenvalue weighted by Crippen LogP contribution is 2.28. The fourth-order valence-electron chi connectivity index (χ4n) is 2.56. The van der Waals surface area contributed by atoms with Gasteiger partial charge in [-0.15, -0.1) is 0 Å². The van der Waals surface area contributed by atoms with Crippen LogP contribution in [0.5, 0.6) is 5.75 Å². The number of nitrogens with zero attached hydrogens (tertiary/aromatic N) is 1. The smallest absolute Gasteiger partial charge is 0.259 e. The van der Waals surface area contributed by atoms with Gasteiger partial charge in [-0.05, 0) is 41.5 Å². The molecule has 0 fully saturated rings. The minimum absolute atomic E-state index is 0.0702. The first-order chi connectivity index (χ1) is 13.0. The molecule has 3 N–H and O–H groups in total. The highest BCUT2D eigenvalue weighted by Gasteiger charge is 2.06. The molecule has 138 valence electrons. The van der Waals surface area contributed by atoms with Crippen molar-refractivity contribution < 1.29 is 9.90 Å². The van der Waals surface area contributed by atoms with Gasteiger partial charge in [-0.25, -0.2) is 5.43 Å². The highest BCUT2D eigenvalue weighted by atomic mass is 79.9. The van der Waals surface area contributed by atoms with Gasteiger partial charge in [0.2, 0.25) is 0 Å². The molecule has 0 bridgehead atoms. The number of carbonyl (C=O) groups excluding carboxylic acids is 1. The monoisotopic (exact) mass is 489 g/mol. The quantitative estimate of drug-likeness (QED) is 0.350. The molecule has 0 saturated carbocycles. The van der Waals surface area contributed by atoms with Gasteiger partial charge in [-0.2, -0.15) is 5.10 Å². The normalized spacial score (nSPS) is 11.1. The SMILES string of the molecule is Cc1c(Br)cc(NCC(=O)N/N=C/c2c(O)ccc3ccccc23)cc1Br. The topological polar surface area (TPSA) is 73.7 Å². The highest BCUT2D eigenvalue weighted by molar-refractivity contribution is 9.11. The number of nitrogens with one attached hydrogen (secondary N) is 2. The zero-order valence-corrected chi connectivity index (χ0v) is 17.6. The van der Waals surface area contributed by atoms with Crippen LogP contribution in [-0.2, 0) is 4.79 Å². The number of phenolic OH excluding ortho intramolecular Hbond substituents is 1. The molecule has 0 aliphatic carbocycles. The van der Waals surface area contributed by atoms with Gasteiger partial charge in [0.25, 0.3) is 5.91 Å². The number of aromatic hydroxyl groups is 1. The molecule has 0 aromatic heterocycles. The first-order valence-corrected chi connectivity index (χ1v) is 9.76. The summed E-state index contributed by atoms with van der Waals surface area (Å²) in [5, 5.41) is 18.9. The number of halogens is 2. The van der Waals surface area contributed by atoms with Gasteiger partial charge in [-0.1, -0.05) is 62.2 Å². The largest absolute Gasteiger partial charge is 0.507 e. The average molecular weight is 491 g/mol. The van der Waals surface area contributed by atoms with Crippen molar-refractivity contribution in [3.8, 4) is 5.75 Å². The lowest BCUT2D eigenvalue weighted by Crippen LogP contribution is -2.25. The van der Waals surface area contributed by atoms with Crippen LogP contribution in [-0.4, -0.2) is 23.8 Å². The van der Waals surface area contributed by atoms with Gasteiger partial charge < -0.3 is 10.4 Å². The zero-order chi connectivity index (χ0) is 19.4. The van der Waals surface area contributed by atoms with Gasteiger partial charge in [0.15, 0.2) is 0 Å². The third-order valence-corrected chi connectivity index (χ3v) is 5.71. The van der Waals surface area contributed by atoms with Crippen LogP contribution in [0.25, 0.3) is 10.8 Å². The van der Waals surface area contributed by atoms with Crippen LogP contribution in [0.3, 0.4) is 0 Å². The molecular weight excluding hydrogens is 474 g/mol. The van der Waals surface area contributed by atoms with E-state index in [4.69, 9.17) is 0 Å². The standard InChI is InChI=1S/C20H17Br2N3O2/c1-12-17(21)8-14(9-18(12)22)23-11-20(27)25-24-10-16-15-5-3-2-4-13(15)6-7-19(16)26/h2-10,23,26H,11H2,1H3,(H,25,27)/b24-10+. The van der Waals surface area contributed by atoms with Crippen LogP contribution in [0, 0.1) is 6.92 Å². The van der Waals surface area contributed by atoms with Gasteiger partial charge in [0, 0.05) is 20.2 Å². The van der Waals surface area contributed by atoms with Crippen molar-refractivity contribution in [2.75, 3.05) is 11.9 Å². The third-order valence-electron chi connectivity index (χ3n) is 4.06. The number of rotatable bonds is 5. The Labute approximate surface area is 173 Å². The van der Waals surface area contributed by atoms with Gasteiger partial charge in [0.1, 0.15) is 5.75 Å². The van der Waals surface area contributed by atoms with Crippen molar-refractivity contribution >= 4 is 60.4 Å². The molecule has 3 aromatic carbocycles. The van der Waals surface area contributed by atoms with Crippen molar-refractivity contribution in [3.63, 3.8) is 0 Å². The van der Waals surface area contributed by atoms with Crippen molar-refractivity contribution in [2.24, 2.45) is 5.10 Å². The van der Waals surface area contributed by atoms with E-state index in [1.54, 1.807) is 6.07 Å². The Balaban J connectivity index is 1.64. The van der Waals surface area contributed by atoms with Crippen LogP contribution >= 0.6 is 31.9 Å². The Bertz CT molecular complexity index is 1010. The van der Waals surface area contributed by atoms with E-state index in [-0.39, 0.29) is 18.2 Å². The molecule has 0 aliphatic rings. The molecule has 0 radical (unpaired) electrons. The number of anilines is 1. The maximum absolute atomic E-state index is 12.0. The second-order valence-electron chi connectivity index (χ2n) is 5.93. The van der Waals surface area contributed by atoms with Gasteiger partial charge in [-0.3, -0.25) is 4.79 Å². The molecule has 0 atom stereocenters. The van der Waals surface area contributed by atoms with Crippen molar-refractivity contribution in [2.45, 2.75) is 6.92 Å². The molecule has 0 spiro atoms. The average Bonchev–Trinajstić information content (AvgIpc) is 2.66. The van der Waals surface area contributed by atoms with E-state index >= 15 is 0 Å². The Kier molecular flexibility index (Phi) is 6.13. The number of hydrogen-bond donors (Lipinski definition) is 3. The Morgan fingerprint density at radius 2 is 1.85 bits per heavy atom. The first kappa shape index (κ1) is 19.4. The summed E-state index contributed by atoms with van der Waals surface area (Å²) in [6, 6.07) is 14.9. The van der Waals surface area contributed by atoms with E-state index in [2.05, 4.69) is 47.7 Å². The number of phenols is 1. The van der Waals surface area contributed by atoms with E-state index in [1.165, 1.54) is 6.21 Å². The number of hydrogen-bond acceptors (Lipinski definition) is 4. The minimum atomic E-state index is -0.293. The fraction of sp³-hybridized carbons (Fsp3) is 0.100. The molecule has 0 aliphatic heterocycles. The summed E-state index contributed by atoms with van der Waals surface area (Å²) in [5.74, 6) is -0.182. The molecule has 1 amide bonds. The van der Waals surface area contributed by atoms with Crippen LogP contribution in [0.2, 0.25) is 0 Å². The second kappa shape index (κ2) is 8.54. The Morgan fingerprint density at radius 1 is 1.15 bits per heavy atom. The minimum Gasteiger partial charge on any atom is -0.507 e. The maximum atomic E-state index is 12.0. The Hall–Kier alpha value is -2.38. The van der Waals surface area contributed by atoms with E-state index in [0.29, 0.717) is 5.56 Å². The van der Waals surface area contributed by atoms with Crippen molar-refractivity contribution in [3.05, 3.63) is 68.6 Å². The summed E-state index contributed by atoms with van der Waals surface area (Å²) in [5.41, 5.74) is 4.93. The third kappa shape index (κ3) is 4.67. The lowest BCUT2D eigenvalue weighted by molar-refractivity contribution is -0.119. The fourth-order valence-corrected chi connectivity index (χ4v) is 3.74. The first-order valence-electron chi connectivity index (χ1n) is 8.18. The van der Waals surface area contributed by atoms with Gasteiger partial charge in [0.05, 0.1) is 12.8 Å². The summed E-state index contributed by atoms with van der Waals surface area (Å²) in [4.78, 5) is 12.0. The van der Waals surface area contributed by atoms with E-state index in [0.717, 1.165) is 31.0 Å².